The number of halogens is 1. The van der Waals surface area contributed by atoms with E-state index in [4.69, 9.17) is 16.9 Å². The maximum absolute atomic E-state index is 13.2. The van der Waals surface area contributed by atoms with Crippen LogP contribution in [0.1, 0.15) is 11.1 Å². The normalized spacial score (nSPS) is 9.83. The lowest BCUT2D eigenvalue weighted by molar-refractivity contribution is 0.608. The van der Waals surface area contributed by atoms with E-state index in [0.29, 0.717) is 5.56 Å². The Hall–Kier alpha value is -1.42. The van der Waals surface area contributed by atoms with Crippen molar-refractivity contribution in [3.8, 4) is 0 Å². The summed E-state index contributed by atoms with van der Waals surface area (Å²) in [4.78, 5) is 0. The Kier molecular flexibility index (Phi) is 2.40. The Balaban J connectivity index is 3.23. The lowest BCUT2D eigenvalue weighted by Gasteiger charge is -2.03. The summed E-state index contributed by atoms with van der Waals surface area (Å²) in [5.74, 6) is -0.768. The molecule has 0 fully saturated rings. The summed E-state index contributed by atoms with van der Waals surface area (Å²) >= 11 is 0. The molecule has 0 aliphatic heterocycles. The van der Waals surface area contributed by atoms with E-state index in [-0.39, 0.29) is 17.9 Å². The molecule has 3 nitrogen and oxygen atoms in total. The van der Waals surface area contributed by atoms with Crippen LogP contribution in [0.4, 0.5) is 4.39 Å². The second-order valence-corrected chi connectivity index (χ2v) is 2.40. The molecular formula is C8H10FN3. The summed E-state index contributed by atoms with van der Waals surface area (Å²) in [6.45, 7) is 0.118. The second-order valence-electron chi connectivity index (χ2n) is 2.40. The smallest absolute Gasteiger partial charge is 0.138 e. The van der Waals surface area contributed by atoms with Gasteiger partial charge in [-0.05, 0) is 6.07 Å². The van der Waals surface area contributed by atoms with Crippen molar-refractivity contribution in [1.29, 1.82) is 5.41 Å². The van der Waals surface area contributed by atoms with Gasteiger partial charge in [-0.1, -0.05) is 12.1 Å². The molecule has 4 heteroatoms. The molecule has 0 aliphatic rings. The molecule has 0 saturated heterocycles. The number of benzene rings is 1. The largest absolute Gasteiger partial charge is 0.384 e. The summed E-state index contributed by atoms with van der Waals surface area (Å²) in [7, 11) is 0. The van der Waals surface area contributed by atoms with Crippen molar-refractivity contribution in [3.05, 3.63) is 35.1 Å². The monoisotopic (exact) mass is 167 g/mol. The number of amidine groups is 1. The molecule has 0 aliphatic carbocycles. The standard InChI is InChI=1S/C8H10FN3/c9-7-5(4-10)2-1-3-6(7)8(11)12/h1-3H,4,10H2,(H3,11,12). The molecule has 1 rings (SSSR count). The van der Waals surface area contributed by atoms with E-state index in [1.165, 1.54) is 6.07 Å². The van der Waals surface area contributed by atoms with Crippen LogP contribution in [-0.4, -0.2) is 5.84 Å². The van der Waals surface area contributed by atoms with Crippen LogP contribution in [0.3, 0.4) is 0 Å². The van der Waals surface area contributed by atoms with E-state index < -0.39 is 5.82 Å². The average Bonchev–Trinajstić information content (AvgIpc) is 2.04. The molecule has 5 N–H and O–H groups in total. The summed E-state index contributed by atoms with van der Waals surface area (Å²) in [5, 5.41) is 7.04. The fraction of sp³-hybridized carbons (Fsp3) is 0.125. The highest BCUT2D eigenvalue weighted by molar-refractivity contribution is 5.95. The fourth-order valence-electron chi connectivity index (χ4n) is 0.945. The van der Waals surface area contributed by atoms with Crippen LogP contribution < -0.4 is 11.5 Å². The van der Waals surface area contributed by atoms with Crippen LogP contribution in [0.15, 0.2) is 18.2 Å². The minimum absolute atomic E-state index is 0.109. The molecule has 0 atom stereocenters. The number of nitrogens with two attached hydrogens (primary N) is 2. The predicted octanol–water partition coefficient (Wildman–Crippen LogP) is 0.568. The van der Waals surface area contributed by atoms with Crippen molar-refractivity contribution >= 4 is 5.84 Å². The van der Waals surface area contributed by atoms with E-state index in [9.17, 15) is 4.39 Å². The Labute approximate surface area is 69.7 Å². The van der Waals surface area contributed by atoms with Crippen LogP contribution in [0, 0.1) is 11.2 Å². The van der Waals surface area contributed by atoms with Crippen molar-refractivity contribution < 1.29 is 4.39 Å². The molecule has 0 unspecified atom stereocenters. The average molecular weight is 167 g/mol. The minimum Gasteiger partial charge on any atom is -0.384 e. The van der Waals surface area contributed by atoms with Crippen LogP contribution >= 0.6 is 0 Å². The van der Waals surface area contributed by atoms with Crippen molar-refractivity contribution in [2.75, 3.05) is 0 Å². The van der Waals surface area contributed by atoms with Crippen LogP contribution in [0.25, 0.3) is 0 Å². The number of hydrogen-bond acceptors (Lipinski definition) is 2. The number of rotatable bonds is 2. The van der Waals surface area contributed by atoms with E-state index in [1.54, 1.807) is 12.1 Å². The highest BCUT2D eigenvalue weighted by atomic mass is 19.1. The third kappa shape index (κ3) is 1.43. The number of nitrogens with one attached hydrogen (secondary N) is 1. The highest BCUT2D eigenvalue weighted by Crippen LogP contribution is 2.11. The first-order valence-electron chi connectivity index (χ1n) is 3.48. The Morgan fingerprint density at radius 2 is 2.17 bits per heavy atom. The van der Waals surface area contributed by atoms with Gasteiger partial charge in [-0.3, -0.25) is 5.41 Å². The molecule has 0 amide bonds. The molecule has 0 saturated carbocycles. The summed E-state index contributed by atoms with van der Waals surface area (Å²) < 4.78 is 13.2. The predicted molar refractivity (Wildman–Crippen MR) is 45.3 cm³/mol. The summed E-state index contributed by atoms with van der Waals surface area (Å²) in [6.07, 6.45) is 0. The Morgan fingerprint density at radius 1 is 1.50 bits per heavy atom. The molecular weight excluding hydrogens is 157 g/mol. The van der Waals surface area contributed by atoms with Crippen molar-refractivity contribution in [3.63, 3.8) is 0 Å². The van der Waals surface area contributed by atoms with Gasteiger partial charge in [0, 0.05) is 12.1 Å². The quantitative estimate of drug-likeness (QED) is 0.445. The van der Waals surface area contributed by atoms with Crippen molar-refractivity contribution in [2.45, 2.75) is 6.54 Å². The van der Waals surface area contributed by atoms with Crippen molar-refractivity contribution in [2.24, 2.45) is 11.5 Å². The number of nitrogen functional groups attached to an aromatic ring is 1. The van der Waals surface area contributed by atoms with Gasteiger partial charge in [0.05, 0.1) is 5.56 Å². The SMILES string of the molecule is N=C(N)c1cccc(CN)c1F. The first-order chi connectivity index (χ1) is 5.66. The van der Waals surface area contributed by atoms with E-state index in [2.05, 4.69) is 0 Å². The maximum atomic E-state index is 13.2. The Bertz CT molecular complexity index is 309. The van der Waals surface area contributed by atoms with Gasteiger partial charge in [0.1, 0.15) is 11.7 Å². The van der Waals surface area contributed by atoms with E-state index in [1.807, 2.05) is 0 Å². The fourth-order valence-corrected chi connectivity index (χ4v) is 0.945. The molecule has 1 aromatic carbocycles. The van der Waals surface area contributed by atoms with Gasteiger partial charge in [-0.15, -0.1) is 0 Å². The zero-order valence-corrected chi connectivity index (χ0v) is 6.47. The molecule has 0 aromatic heterocycles. The van der Waals surface area contributed by atoms with Crippen LogP contribution in [0.2, 0.25) is 0 Å². The van der Waals surface area contributed by atoms with Gasteiger partial charge >= 0.3 is 0 Å². The highest BCUT2D eigenvalue weighted by Gasteiger charge is 2.07. The van der Waals surface area contributed by atoms with Gasteiger partial charge in [-0.25, -0.2) is 4.39 Å². The minimum atomic E-state index is -0.493. The lowest BCUT2D eigenvalue weighted by Crippen LogP contribution is -2.15. The summed E-state index contributed by atoms with van der Waals surface area (Å²) in [6, 6.07) is 4.65. The lowest BCUT2D eigenvalue weighted by atomic mass is 10.1. The first kappa shape index (κ1) is 8.67. The van der Waals surface area contributed by atoms with E-state index in [0.717, 1.165) is 0 Å². The zero-order chi connectivity index (χ0) is 9.14. The van der Waals surface area contributed by atoms with Gasteiger partial charge in [0.25, 0.3) is 0 Å². The third-order valence-electron chi connectivity index (χ3n) is 1.59. The molecule has 0 radical (unpaired) electrons. The molecule has 1 aromatic rings. The topological polar surface area (TPSA) is 75.9 Å². The third-order valence-corrected chi connectivity index (χ3v) is 1.59. The van der Waals surface area contributed by atoms with Crippen molar-refractivity contribution in [1.82, 2.24) is 0 Å². The van der Waals surface area contributed by atoms with Gasteiger partial charge in [0.2, 0.25) is 0 Å². The van der Waals surface area contributed by atoms with Crippen LogP contribution in [0.5, 0.6) is 0 Å². The Morgan fingerprint density at radius 3 is 2.67 bits per heavy atom. The van der Waals surface area contributed by atoms with E-state index >= 15 is 0 Å². The molecule has 64 valence electrons. The molecule has 0 spiro atoms. The molecule has 0 heterocycles. The van der Waals surface area contributed by atoms with Crippen LogP contribution in [-0.2, 0) is 6.54 Å². The first-order valence-corrected chi connectivity index (χ1v) is 3.48. The summed E-state index contributed by atoms with van der Waals surface area (Å²) in [5.41, 5.74) is 10.9. The van der Waals surface area contributed by atoms with Gasteiger partial charge < -0.3 is 11.5 Å². The van der Waals surface area contributed by atoms with Gasteiger partial charge in [-0.2, -0.15) is 0 Å². The molecule has 0 bridgehead atoms. The molecule has 12 heavy (non-hydrogen) atoms. The number of hydrogen-bond donors (Lipinski definition) is 3. The van der Waals surface area contributed by atoms with Gasteiger partial charge in [0.15, 0.2) is 0 Å². The maximum Gasteiger partial charge on any atom is 0.138 e. The zero-order valence-electron chi connectivity index (χ0n) is 6.47. The second kappa shape index (κ2) is 3.32.